The standard InChI is InChI=1S/C15H14BrF2NOS/c1-15(2)5-9-13(10(20)6-15)21-14(19-9)7-3-4-8(17)12(18)11(7)16/h3-4,10,20H,5-6H2,1-2H3. The summed E-state index contributed by atoms with van der Waals surface area (Å²) in [5.74, 6) is -1.81. The van der Waals surface area contributed by atoms with Crippen molar-refractivity contribution in [2.45, 2.75) is 32.8 Å². The first kappa shape index (κ1) is 15.1. The molecule has 0 fully saturated rings. The van der Waals surface area contributed by atoms with E-state index in [0.29, 0.717) is 17.0 Å². The zero-order chi connectivity index (χ0) is 15.4. The molecule has 1 aliphatic carbocycles. The minimum Gasteiger partial charge on any atom is -0.387 e. The molecule has 0 radical (unpaired) electrons. The van der Waals surface area contributed by atoms with Crippen LogP contribution in [0.3, 0.4) is 0 Å². The van der Waals surface area contributed by atoms with E-state index in [0.717, 1.165) is 23.1 Å². The summed E-state index contributed by atoms with van der Waals surface area (Å²) < 4.78 is 26.9. The number of nitrogens with zero attached hydrogens (tertiary/aromatic N) is 1. The zero-order valence-electron chi connectivity index (χ0n) is 11.6. The van der Waals surface area contributed by atoms with Gasteiger partial charge in [-0.3, -0.25) is 0 Å². The lowest BCUT2D eigenvalue weighted by Crippen LogP contribution is -2.24. The van der Waals surface area contributed by atoms with Crippen molar-refractivity contribution in [3.05, 3.63) is 38.8 Å². The van der Waals surface area contributed by atoms with Gasteiger partial charge in [-0.2, -0.15) is 0 Å². The first-order chi connectivity index (χ1) is 9.78. The number of rotatable bonds is 1. The molecule has 1 heterocycles. The van der Waals surface area contributed by atoms with Crippen molar-refractivity contribution in [3.8, 4) is 10.6 Å². The van der Waals surface area contributed by atoms with Gasteiger partial charge in [-0.15, -0.1) is 11.3 Å². The van der Waals surface area contributed by atoms with Crippen LogP contribution in [-0.2, 0) is 6.42 Å². The summed E-state index contributed by atoms with van der Waals surface area (Å²) in [7, 11) is 0. The van der Waals surface area contributed by atoms with Gasteiger partial charge in [0.05, 0.1) is 21.1 Å². The zero-order valence-corrected chi connectivity index (χ0v) is 14.0. The van der Waals surface area contributed by atoms with Crippen molar-refractivity contribution < 1.29 is 13.9 Å². The molecular weight excluding hydrogens is 360 g/mol. The minimum absolute atomic E-state index is 0.0109. The summed E-state index contributed by atoms with van der Waals surface area (Å²) >= 11 is 4.43. The lowest BCUT2D eigenvalue weighted by molar-refractivity contribution is 0.102. The van der Waals surface area contributed by atoms with Gasteiger partial charge < -0.3 is 5.11 Å². The number of hydrogen-bond donors (Lipinski definition) is 1. The Bertz CT molecular complexity index is 714. The third-order valence-electron chi connectivity index (χ3n) is 3.69. The Morgan fingerprint density at radius 3 is 2.81 bits per heavy atom. The van der Waals surface area contributed by atoms with Crippen molar-refractivity contribution in [1.82, 2.24) is 4.98 Å². The number of hydrogen-bond acceptors (Lipinski definition) is 3. The number of aliphatic hydroxyl groups is 1. The minimum atomic E-state index is -0.915. The Morgan fingerprint density at radius 1 is 1.38 bits per heavy atom. The molecule has 21 heavy (non-hydrogen) atoms. The van der Waals surface area contributed by atoms with Gasteiger partial charge in [0.1, 0.15) is 5.01 Å². The van der Waals surface area contributed by atoms with Gasteiger partial charge in [0.15, 0.2) is 11.6 Å². The lowest BCUT2D eigenvalue weighted by Gasteiger charge is -2.31. The van der Waals surface area contributed by atoms with Gasteiger partial charge in [0, 0.05) is 5.56 Å². The van der Waals surface area contributed by atoms with E-state index >= 15 is 0 Å². The van der Waals surface area contributed by atoms with E-state index in [4.69, 9.17) is 0 Å². The van der Waals surface area contributed by atoms with Crippen LogP contribution in [0.2, 0.25) is 0 Å². The second kappa shape index (κ2) is 5.11. The van der Waals surface area contributed by atoms with Crippen LogP contribution in [-0.4, -0.2) is 10.1 Å². The predicted octanol–water partition coefficient (Wildman–Crippen LogP) is 4.86. The van der Waals surface area contributed by atoms with E-state index < -0.39 is 17.7 Å². The number of aromatic nitrogens is 1. The summed E-state index contributed by atoms with van der Waals surface area (Å²) in [5, 5.41) is 10.8. The lowest BCUT2D eigenvalue weighted by atomic mass is 9.77. The summed E-state index contributed by atoms with van der Waals surface area (Å²) in [5.41, 5.74) is 1.36. The SMILES string of the molecule is CC1(C)Cc2nc(-c3ccc(F)c(F)c3Br)sc2C(O)C1. The fourth-order valence-corrected chi connectivity index (χ4v) is 4.44. The number of thiazole rings is 1. The highest BCUT2D eigenvalue weighted by Crippen LogP contribution is 2.45. The molecule has 2 aromatic rings. The van der Waals surface area contributed by atoms with Crippen molar-refractivity contribution >= 4 is 27.3 Å². The van der Waals surface area contributed by atoms with Crippen molar-refractivity contribution in [2.24, 2.45) is 5.41 Å². The van der Waals surface area contributed by atoms with Crippen LogP contribution in [0.1, 0.15) is 36.9 Å². The molecule has 1 unspecified atom stereocenters. The summed E-state index contributed by atoms with van der Waals surface area (Å²) in [4.78, 5) is 5.37. The highest BCUT2D eigenvalue weighted by atomic mass is 79.9. The third kappa shape index (κ3) is 2.64. The number of halogens is 3. The third-order valence-corrected chi connectivity index (χ3v) is 5.70. The van der Waals surface area contributed by atoms with Crippen LogP contribution in [0.25, 0.3) is 10.6 Å². The molecule has 0 amide bonds. The quantitative estimate of drug-likeness (QED) is 0.724. The van der Waals surface area contributed by atoms with Crippen LogP contribution in [0, 0.1) is 17.0 Å². The van der Waals surface area contributed by atoms with Gasteiger partial charge >= 0.3 is 0 Å². The summed E-state index contributed by atoms with van der Waals surface area (Å²) in [6.07, 6.45) is 0.914. The monoisotopic (exact) mass is 373 g/mol. The van der Waals surface area contributed by atoms with Crippen molar-refractivity contribution in [1.29, 1.82) is 0 Å². The summed E-state index contributed by atoms with van der Waals surface area (Å²) in [6.45, 7) is 4.18. The first-order valence-electron chi connectivity index (χ1n) is 6.60. The normalized spacial score (nSPS) is 20.4. The molecule has 0 bridgehead atoms. The molecule has 1 aliphatic rings. The molecule has 1 aromatic carbocycles. The molecule has 0 saturated heterocycles. The molecule has 1 aromatic heterocycles. The Labute approximate surface area is 134 Å². The molecule has 0 aliphatic heterocycles. The van der Waals surface area contributed by atoms with Gasteiger partial charge in [-0.25, -0.2) is 13.8 Å². The molecule has 1 N–H and O–H groups in total. The maximum absolute atomic E-state index is 13.7. The number of aliphatic hydroxyl groups excluding tert-OH is 1. The van der Waals surface area contributed by atoms with Crippen molar-refractivity contribution in [2.75, 3.05) is 0 Å². The van der Waals surface area contributed by atoms with Crippen LogP contribution < -0.4 is 0 Å². The first-order valence-corrected chi connectivity index (χ1v) is 8.21. The molecule has 6 heteroatoms. The largest absolute Gasteiger partial charge is 0.387 e. The fraction of sp³-hybridized carbons (Fsp3) is 0.400. The molecule has 1 atom stereocenters. The van der Waals surface area contributed by atoms with Gasteiger partial charge in [0.25, 0.3) is 0 Å². The van der Waals surface area contributed by atoms with E-state index in [9.17, 15) is 13.9 Å². The highest BCUT2D eigenvalue weighted by Gasteiger charge is 2.34. The second-order valence-electron chi connectivity index (χ2n) is 6.11. The topological polar surface area (TPSA) is 33.1 Å². The second-order valence-corrected chi connectivity index (χ2v) is 7.94. The van der Waals surface area contributed by atoms with Crippen LogP contribution in [0.15, 0.2) is 16.6 Å². The molecule has 112 valence electrons. The molecule has 3 rings (SSSR count). The smallest absolute Gasteiger partial charge is 0.173 e. The number of fused-ring (bicyclic) bond motifs is 1. The van der Waals surface area contributed by atoms with E-state index in [1.54, 1.807) is 0 Å². The maximum atomic E-state index is 13.7. The van der Waals surface area contributed by atoms with Crippen molar-refractivity contribution in [3.63, 3.8) is 0 Å². The molecular formula is C15H14BrF2NOS. The van der Waals surface area contributed by atoms with Crippen LogP contribution >= 0.6 is 27.3 Å². The molecule has 0 spiro atoms. The van der Waals surface area contributed by atoms with Gasteiger partial charge in [0.2, 0.25) is 0 Å². The maximum Gasteiger partial charge on any atom is 0.173 e. The average molecular weight is 374 g/mol. The Morgan fingerprint density at radius 2 is 2.10 bits per heavy atom. The Hall–Kier alpha value is -0.850. The van der Waals surface area contributed by atoms with E-state index in [1.807, 2.05) is 0 Å². The Balaban J connectivity index is 2.09. The number of benzene rings is 1. The fourth-order valence-electron chi connectivity index (χ4n) is 2.70. The van der Waals surface area contributed by atoms with Gasteiger partial charge in [-0.05, 0) is 46.3 Å². The molecule has 0 saturated carbocycles. The predicted molar refractivity (Wildman–Crippen MR) is 82.2 cm³/mol. The van der Waals surface area contributed by atoms with Crippen LogP contribution in [0.4, 0.5) is 8.78 Å². The molecule has 2 nitrogen and oxygen atoms in total. The summed E-state index contributed by atoms with van der Waals surface area (Å²) in [6, 6.07) is 2.60. The van der Waals surface area contributed by atoms with E-state index in [1.165, 1.54) is 17.4 Å². The van der Waals surface area contributed by atoms with E-state index in [-0.39, 0.29) is 9.89 Å². The Kier molecular flexibility index (Phi) is 3.66. The highest BCUT2D eigenvalue weighted by molar-refractivity contribution is 9.10. The average Bonchev–Trinajstić information content (AvgIpc) is 2.78. The van der Waals surface area contributed by atoms with Gasteiger partial charge in [-0.1, -0.05) is 13.8 Å². The van der Waals surface area contributed by atoms with Crippen LogP contribution in [0.5, 0.6) is 0 Å². The van der Waals surface area contributed by atoms with E-state index in [2.05, 4.69) is 34.8 Å².